The Morgan fingerprint density at radius 2 is 2.00 bits per heavy atom. The van der Waals surface area contributed by atoms with Crippen LogP contribution in [0.2, 0.25) is 0 Å². The summed E-state index contributed by atoms with van der Waals surface area (Å²) >= 11 is 0. The van der Waals surface area contributed by atoms with Crippen molar-refractivity contribution in [2.24, 2.45) is 0 Å². The average Bonchev–Trinajstić information content (AvgIpc) is 2.52. The average molecular weight is 277 g/mol. The number of hydrogen-bond acceptors (Lipinski definition) is 4. The van der Waals surface area contributed by atoms with E-state index >= 15 is 0 Å². The fourth-order valence-corrected chi connectivity index (χ4v) is 2.17. The highest BCUT2D eigenvalue weighted by Crippen LogP contribution is 2.10. The number of ether oxygens (including phenoxy) is 1. The van der Waals surface area contributed by atoms with Crippen LogP contribution in [0.4, 0.5) is 5.69 Å². The van der Waals surface area contributed by atoms with E-state index in [0.717, 1.165) is 45.1 Å². The zero-order valence-electron chi connectivity index (χ0n) is 12.0. The number of nitrogens with one attached hydrogen (secondary N) is 1. The smallest absolute Gasteiger partial charge is 0.240 e. The van der Waals surface area contributed by atoms with Crippen LogP contribution < -0.4 is 10.2 Å². The van der Waals surface area contributed by atoms with Gasteiger partial charge in [-0.2, -0.15) is 0 Å². The van der Waals surface area contributed by atoms with Gasteiger partial charge in [-0.3, -0.25) is 9.69 Å². The van der Waals surface area contributed by atoms with Gasteiger partial charge >= 0.3 is 0 Å². The molecule has 0 radical (unpaired) electrons. The summed E-state index contributed by atoms with van der Waals surface area (Å²) in [6.45, 7) is 5.76. The van der Waals surface area contributed by atoms with Crippen LogP contribution in [0.25, 0.3) is 0 Å². The number of morpholine rings is 1. The zero-order valence-corrected chi connectivity index (χ0v) is 12.0. The van der Waals surface area contributed by atoms with Crippen LogP contribution in [0.1, 0.15) is 0 Å². The van der Waals surface area contributed by atoms with Gasteiger partial charge in [0.2, 0.25) is 5.91 Å². The summed E-state index contributed by atoms with van der Waals surface area (Å²) in [4.78, 5) is 16.1. The Labute approximate surface area is 120 Å². The van der Waals surface area contributed by atoms with Crippen molar-refractivity contribution in [2.75, 3.05) is 57.9 Å². The lowest BCUT2D eigenvalue weighted by Crippen LogP contribution is -2.42. The van der Waals surface area contributed by atoms with Gasteiger partial charge in [-0.15, -0.1) is 0 Å². The maximum atomic E-state index is 12.0. The molecule has 1 saturated heterocycles. The molecule has 0 aromatic heterocycles. The van der Waals surface area contributed by atoms with Crippen LogP contribution in [-0.4, -0.2) is 63.8 Å². The highest BCUT2D eigenvalue weighted by Gasteiger charge is 2.11. The van der Waals surface area contributed by atoms with E-state index in [4.69, 9.17) is 4.74 Å². The van der Waals surface area contributed by atoms with Crippen LogP contribution in [0.5, 0.6) is 0 Å². The van der Waals surface area contributed by atoms with E-state index in [9.17, 15) is 4.79 Å². The summed E-state index contributed by atoms with van der Waals surface area (Å²) in [7, 11) is 1.81. The predicted molar refractivity (Wildman–Crippen MR) is 80.0 cm³/mol. The molecule has 0 saturated carbocycles. The molecule has 1 aliphatic heterocycles. The SMILES string of the molecule is CN(C(=O)CNCCN1CCOCC1)c1ccccc1. The first-order chi connectivity index (χ1) is 9.77. The fourth-order valence-electron chi connectivity index (χ4n) is 2.17. The molecule has 1 aliphatic rings. The summed E-state index contributed by atoms with van der Waals surface area (Å²) in [6, 6.07) is 9.69. The molecule has 110 valence electrons. The van der Waals surface area contributed by atoms with Gasteiger partial charge < -0.3 is 15.0 Å². The van der Waals surface area contributed by atoms with Gasteiger partial charge in [0.05, 0.1) is 19.8 Å². The van der Waals surface area contributed by atoms with Gasteiger partial charge in [0.1, 0.15) is 0 Å². The van der Waals surface area contributed by atoms with E-state index in [1.165, 1.54) is 0 Å². The van der Waals surface area contributed by atoms with Crippen LogP contribution in [-0.2, 0) is 9.53 Å². The number of nitrogens with zero attached hydrogens (tertiary/aromatic N) is 2. The topological polar surface area (TPSA) is 44.8 Å². The van der Waals surface area contributed by atoms with Gasteiger partial charge in [-0.05, 0) is 12.1 Å². The molecule has 5 nitrogen and oxygen atoms in total. The van der Waals surface area contributed by atoms with E-state index in [-0.39, 0.29) is 5.91 Å². The second-order valence-corrected chi connectivity index (χ2v) is 4.92. The first-order valence-electron chi connectivity index (χ1n) is 7.10. The molecular weight excluding hydrogens is 254 g/mol. The van der Waals surface area contributed by atoms with E-state index in [1.807, 2.05) is 30.3 Å². The van der Waals surface area contributed by atoms with E-state index in [1.54, 1.807) is 11.9 Å². The molecule has 20 heavy (non-hydrogen) atoms. The van der Waals surface area contributed by atoms with Gasteiger partial charge in [-0.25, -0.2) is 0 Å². The van der Waals surface area contributed by atoms with E-state index in [0.29, 0.717) is 6.54 Å². The third-order valence-electron chi connectivity index (χ3n) is 3.50. The Hall–Kier alpha value is -1.43. The summed E-state index contributed by atoms with van der Waals surface area (Å²) in [5.74, 6) is 0.0816. The monoisotopic (exact) mass is 277 g/mol. The summed E-state index contributed by atoms with van der Waals surface area (Å²) in [6.07, 6.45) is 0. The third kappa shape index (κ3) is 4.59. The molecule has 1 N–H and O–H groups in total. The van der Waals surface area contributed by atoms with Crippen molar-refractivity contribution < 1.29 is 9.53 Å². The van der Waals surface area contributed by atoms with Crippen LogP contribution in [0, 0.1) is 0 Å². The minimum Gasteiger partial charge on any atom is -0.379 e. The molecule has 0 aliphatic carbocycles. The molecule has 1 amide bonds. The summed E-state index contributed by atoms with van der Waals surface area (Å²) < 4.78 is 5.30. The van der Waals surface area contributed by atoms with Crippen LogP contribution >= 0.6 is 0 Å². The lowest BCUT2D eigenvalue weighted by Gasteiger charge is -2.26. The minimum atomic E-state index is 0.0816. The zero-order chi connectivity index (χ0) is 14.2. The van der Waals surface area contributed by atoms with Gasteiger partial charge in [0, 0.05) is 38.9 Å². The number of anilines is 1. The molecule has 0 bridgehead atoms. The number of benzene rings is 1. The number of carbonyl (C=O) groups excluding carboxylic acids is 1. The normalized spacial score (nSPS) is 16.1. The Balaban J connectivity index is 1.64. The van der Waals surface area contributed by atoms with E-state index in [2.05, 4.69) is 10.2 Å². The minimum absolute atomic E-state index is 0.0816. The maximum absolute atomic E-state index is 12.0. The van der Waals surface area contributed by atoms with Crippen LogP contribution in [0.15, 0.2) is 30.3 Å². The van der Waals surface area contributed by atoms with Crippen LogP contribution in [0.3, 0.4) is 0 Å². The standard InChI is InChI=1S/C15H23N3O2/c1-17(14-5-3-2-4-6-14)15(19)13-16-7-8-18-9-11-20-12-10-18/h2-6,16H,7-13H2,1H3. The van der Waals surface area contributed by atoms with Crippen molar-refractivity contribution in [3.8, 4) is 0 Å². The number of hydrogen-bond donors (Lipinski definition) is 1. The van der Waals surface area contributed by atoms with Gasteiger partial charge in [-0.1, -0.05) is 18.2 Å². The molecule has 1 aromatic carbocycles. The van der Waals surface area contributed by atoms with Crippen molar-refractivity contribution in [1.29, 1.82) is 0 Å². The number of likely N-dealkylation sites (N-methyl/N-ethyl adjacent to an activating group) is 1. The molecule has 1 fully saturated rings. The predicted octanol–water partition coefficient (Wildman–Crippen LogP) is 0.571. The quantitative estimate of drug-likeness (QED) is 0.772. The van der Waals surface area contributed by atoms with Crippen molar-refractivity contribution in [1.82, 2.24) is 10.2 Å². The lowest BCUT2D eigenvalue weighted by atomic mass is 10.3. The maximum Gasteiger partial charge on any atom is 0.240 e. The summed E-state index contributed by atoms with van der Waals surface area (Å²) in [5.41, 5.74) is 0.924. The highest BCUT2D eigenvalue weighted by molar-refractivity contribution is 5.94. The second-order valence-electron chi connectivity index (χ2n) is 4.92. The fraction of sp³-hybridized carbons (Fsp3) is 0.533. The molecule has 2 rings (SSSR count). The first kappa shape index (κ1) is 15.0. The number of carbonyl (C=O) groups is 1. The largest absolute Gasteiger partial charge is 0.379 e. The van der Waals surface area contributed by atoms with Gasteiger partial charge in [0.15, 0.2) is 0 Å². The van der Waals surface area contributed by atoms with Crippen molar-refractivity contribution in [3.05, 3.63) is 30.3 Å². The first-order valence-corrected chi connectivity index (χ1v) is 7.10. The molecule has 5 heteroatoms. The molecule has 0 atom stereocenters. The lowest BCUT2D eigenvalue weighted by molar-refractivity contribution is -0.117. The highest BCUT2D eigenvalue weighted by atomic mass is 16.5. The van der Waals surface area contributed by atoms with Crippen molar-refractivity contribution in [3.63, 3.8) is 0 Å². The molecule has 0 unspecified atom stereocenters. The Morgan fingerprint density at radius 1 is 1.30 bits per heavy atom. The molecule has 1 heterocycles. The Kier molecular flexibility index (Phi) is 5.98. The van der Waals surface area contributed by atoms with Gasteiger partial charge in [0.25, 0.3) is 0 Å². The Bertz CT molecular complexity index is 405. The number of amides is 1. The molecule has 1 aromatic rings. The van der Waals surface area contributed by atoms with E-state index < -0.39 is 0 Å². The number of rotatable bonds is 6. The van der Waals surface area contributed by atoms with Crippen molar-refractivity contribution in [2.45, 2.75) is 0 Å². The Morgan fingerprint density at radius 3 is 2.70 bits per heavy atom. The summed E-state index contributed by atoms with van der Waals surface area (Å²) in [5, 5.41) is 3.21. The molecular formula is C15H23N3O2. The second kappa shape index (κ2) is 7.99. The number of para-hydroxylation sites is 1. The molecule has 0 spiro atoms. The van der Waals surface area contributed by atoms with Crippen molar-refractivity contribution >= 4 is 11.6 Å². The third-order valence-corrected chi connectivity index (χ3v) is 3.50.